The molecule has 0 unspecified atom stereocenters. The zero-order valence-corrected chi connectivity index (χ0v) is 20.2. The number of esters is 1. The molecule has 0 radical (unpaired) electrons. The van der Waals surface area contributed by atoms with Crippen LogP contribution in [0, 0.1) is 13.8 Å². The summed E-state index contributed by atoms with van der Waals surface area (Å²) in [5.74, 6) is -1.42. The fourth-order valence-corrected chi connectivity index (χ4v) is 3.87. The van der Waals surface area contributed by atoms with Crippen LogP contribution >= 0.6 is 0 Å². The second-order valence-electron chi connectivity index (χ2n) is 8.19. The molecule has 4 rings (SSSR count). The van der Waals surface area contributed by atoms with Crippen LogP contribution in [0.2, 0.25) is 0 Å². The lowest BCUT2D eigenvalue weighted by Gasteiger charge is -2.17. The number of carbonyl (C=O) groups excluding carboxylic acids is 4. The Morgan fingerprint density at radius 3 is 2.28 bits per heavy atom. The highest BCUT2D eigenvalue weighted by Gasteiger charge is 2.38. The molecule has 9 heteroatoms. The van der Waals surface area contributed by atoms with Crippen molar-refractivity contribution in [3.05, 3.63) is 82.4 Å². The third-order valence-corrected chi connectivity index (χ3v) is 5.73. The largest absolute Gasteiger partial charge is 0.493 e. The van der Waals surface area contributed by atoms with Gasteiger partial charge >= 0.3 is 5.97 Å². The summed E-state index contributed by atoms with van der Waals surface area (Å²) >= 11 is 0. The SMILES string of the molecule is COc1ccc(NC(=O)COC(=O)c2ccc3c(c2)C(=O)N(c2cc(C)ccc2C)C3=O)cc1OC. The maximum atomic E-state index is 13.1. The molecule has 0 saturated carbocycles. The number of aryl methyl sites for hydroxylation is 2. The Kier molecular flexibility index (Phi) is 6.73. The van der Waals surface area contributed by atoms with Crippen LogP contribution in [-0.2, 0) is 9.53 Å². The number of benzene rings is 3. The Morgan fingerprint density at radius 1 is 0.833 bits per heavy atom. The normalized spacial score (nSPS) is 12.3. The average molecular weight is 488 g/mol. The first kappa shape index (κ1) is 24.5. The van der Waals surface area contributed by atoms with Crippen molar-refractivity contribution in [1.82, 2.24) is 0 Å². The highest BCUT2D eigenvalue weighted by Crippen LogP contribution is 2.32. The van der Waals surface area contributed by atoms with Crippen molar-refractivity contribution < 1.29 is 33.4 Å². The van der Waals surface area contributed by atoms with Crippen molar-refractivity contribution in [2.45, 2.75) is 13.8 Å². The summed E-state index contributed by atoms with van der Waals surface area (Å²) in [5, 5.41) is 2.61. The fraction of sp³-hybridized carbons (Fsp3) is 0.185. The van der Waals surface area contributed by atoms with Gasteiger partial charge in [-0.3, -0.25) is 14.4 Å². The molecule has 1 heterocycles. The molecule has 1 N–H and O–H groups in total. The van der Waals surface area contributed by atoms with Gasteiger partial charge in [0.2, 0.25) is 0 Å². The maximum Gasteiger partial charge on any atom is 0.338 e. The highest BCUT2D eigenvalue weighted by molar-refractivity contribution is 6.35. The quantitative estimate of drug-likeness (QED) is 0.396. The number of fused-ring (bicyclic) bond motifs is 1. The zero-order chi connectivity index (χ0) is 26.0. The molecule has 0 bridgehead atoms. The number of rotatable bonds is 7. The van der Waals surface area contributed by atoms with E-state index in [0.29, 0.717) is 22.9 Å². The second kappa shape index (κ2) is 9.91. The second-order valence-corrected chi connectivity index (χ2v) is 8.19. The van der Waals surface area contributed by atoms with E-state index < -0.39 is 30.3 Å². The smallest absolute Gasteiger partial charge is 0.338 e. The van der Waals surface area contributed by atoms with Crippen molar-refractivity contribution in [2.24, 2.45) is 0 Å². The van der Waals surface area contributed by atoms with Gasteiger partial charge in [0.15, 0.2) is 18.1 Å². The first-order valence-electron chi connectivity index (χ1n) is 11.0. The Balaban J connectivity index is 1.44. The third-order valence-electron chi connectivity index (χ3n) is 5.73. The lowest BCUT2D eigenvalue weighted by molar-refractivity contribution is -0.119. The Labute approximate surface area is 207 Å². The number of imide groups is 1. The number of nitrogens with zero attached hydrogens (tertiary/aromatic N) is 1. The zero-order valence-electron chi connectivity index (χ0n) is 20.2. The van der Waals surface area contributed by atoms with Gasteiger partial charge in [0.05, 0.1) is 36.6 Å². The van der Waals surface area contributed by atoms with Gasteiger partial charge in [-0.05, 0) is 61.4 Å². The minimum atomic E-state index is -0.800. The van der Waals surface area contributed by atoms with Gasteiger partial charge in [-0.1, -0.05) is 12.1 Å². The van der Waals surface area contributed by atoms with E-state index in [-0.39, 0.29) is 16.7 Å². The van der Waals surface area contributed by atoms with Crippen LogP contribution in [-0.4, -0.2) is 44.5 Å². The number of hydrogen-bond donors (Lipinski definition) is 1. The lowest BCUT2D eigenvalue weighted by atomic mass is 10.1. The molecule has 1 aliphatic heterocycles. The van der Waals surface area contributed by atoms with Crippen molar-refractivity contribution in [3.63, 3.8) is 0 Å². The number of carbonyl (C=O) groups is 4. The summed E-state index contributed by atoms with van der Waals surface area (Å²) < 4.78 is 15.5. The number of nitrogens with one attached hydrogen (secondary N) is 1. The molecular weight excluding hydrogens is 464 g/mol. The van der Waals surface area contributed by atoms with Gasteiger partial charge in [-0.15, -0.1) is 0 Å². The summed E-state index contributed by atoms with van der Waals surface area (Å²) in [5.41, 5.74) is 2.96. The van der Waals surface area contributed by atoms with Gasteiger partial charge in [0.25, 0.3) is 17.7 Å². The van der Waals surface area contributed by atoms with Gasteiger partial charge in [-0.2, -0.15) is 0 Å². The number of methoxy groups -OCH3 is 2. The first-order valence-corrected chi connectivity index (χ1v) is 11.0. The Morgan fingerprint density at radius 2 is 1.56 bits per heavy atom. The molecule has 3 aromatic carbocycles. The molecule has 9 nitrogen and oxygen atoms in total. The lowest BCUT2D eigenvalue weighted by Crippen LogP contribution is -2.30. The first-order chi connectivity index (χ1) is 17.2. The van der Waals surface area contributed by atoms with Gasteiger partial charge < -0.3 is 19.5 Å². The molecule has 0 aliphatic carbocycles. The number of amides is 3. The predicted molar refractivity (Wildman–Crippen MR) is 132 cm³/mol. The summed E-state index contributed by atoms with van der Waals surface area (Å²) in [4.78, 5) is 52.0. The van der Waals surface area contributed by atoms with Crippen LogP contribution in [0.5, 0.6) is 11.5 Å². The van der Waals surface area contributed by atoms with Crippen molar-refractivity contribution >= 4 is 35.1 Å². The average Bonchev–Trinajstić information content (AvgIpc) is 3.12. The highest BCUT2D eigenvalue weighted by atomic mass is 16.5. The van der Waals surface area contributed by atoms with Crippen LogP contribution in [0.15, 0.2) is 54.6 Å². The van der Waals surface area contributed by atoms with Crippen LogP contribution in [0.3, 0.4) is 0 Å². The molecular formula is C27H24N2O7. The van der Waals surface area contributed by atoms with Crippen molar-refractivity contribution in [2.75, 3.05) is 31.0 Å². The standard InChI is InChI=1S/C27H24N2O7/c1-15-5-6-16(2)21(11-15)29-25(31)19-9-7-17(12-20(19)26(29)32)27(33)36-14-24(30)28-18-8-10-22(34-3)23(13-18)35-4/h5-13H,14H2,1-4H3,(H,28,30). The predicted octanol–water partition coefficient (Wildman–Crippen LogP) is 3.92. The van der Waals surface area contributed by atoms with Crippen molar-refractivity contribution in [3.8, 4) is 11.5 Å². The van der Waals surface area contributed by atoms with Crippen LogP contribution in [0.1, 0.15) is 42.2 Å². The molecule has 184 valence electrons. The number of ether oxygens (including phenoxy) is 3. The minimum absolute atomic E-state index is 0.0524. The topological polar surface area (TPSA) is 111 Å². The molecule has 3 aromatic rings. The van der Waals surface area contributed by atoms with Crippen LogP contribution in [0.25, 0.3) is 0 Å². The number of anilines is 2. The van der Waals surface area contributed by atoms with Crippen LogP contribution < -0.4 is 19.7 Å². The van der Waals surface area contributed by atoms with E-state index in [1.165, 1.54) is 32.4 Å². The van der Waals surface area contributed by atoms with Gasteiger partial charge in [0.1, 0.15) is 0 Å². The molecule has 3 amide bonds. The van der Waals surface area contributed by atoms with E-state index >= 15 is 0 Å². The molecule has 0 fully saturated rings. The molecule has 0 aromatic heterocycles. The summed E-state index contributed by atoms with van der Waals surface area (Å²) in [6, 6.07) is 14.4. The molecule has 0 saturated heterocycles. The minimum Gasteiger partial charge on any atom is -0.493 e. The fourth-order valence-electron chi connectivity index (χ4n) is 3.87. The molecule has 36 heavy (non-hydrogen) atoms. The molecule has 0 atom stereocenters. The number of hydrogen-bond acceptors (Lipinski definition) is 7. The van der Waals surface area contributed by atoms with E-state index in [1.54, 1.807) is 24.3 Å². The third kappa shape index (κ3) is 4.63. The van der Waals surface area contributed by atoms with E-state index in [4.69, 9.17) is 14.2 Å². The van der Waals surface area contributed by atoms with Crippen LogP contribution in [0.4, 0.5) is 11.4 Å². The summed E-state index contributed by atoms with van der Waals surface area (Å²) in [6.45, 7) is 3.14. The van der Waals surface area contributed by atoms with E-state index in [9.17, 15) is 19.2 Å². The maximum absolute atomic E-state index is 13.1. The Bertz CT molecular complexity index is 1400. The molecule has 0 spiro atoms. The monoisotopic (exact) mass is 488 g/mol. The van der Waals surface area contributed by atoms with E-state index in [1.807, 2.05) is 26.0 Å². The van der Waals surface area contributed by atoms with Crippen molar-refractivity contribution in [1.29, 1.82) is 0 Å². The van der Waals surface area contributed by atoms with E-state index in [0.717, 1.165) is 16.0 Å². The summed E-state index contributed by atoms with van der Waals surface area (Å²) in [7, 11) is 2.97. The Hall–Kier alpha value is -4.66. The van der Waals surface area contributed by atoms with Gasteiger partial charge in [0, 0.05) is 11.8 Å². The van der Waals surface area contributed by atoms with Gasteiger partial charge in [-0.25, -0.2) is 9.69 Å². The molecule has 1 aliphatic rings. The van der Waals surface area contributed by atoms with E-state index in [2.05, 4.69) is 5.32 Å². The summed E-state index contributed by atoms with van der Waals surface area (Å²) in [6.07, 6.45) is 0.